The quantitative estimate of drug-likeness (QED) is 0.532. The average Bonchev–Trinajstić information content (AvgIpc) is 3.32. The molecule has 2 N–H and O–H groups in total. The first-order chi connectivity index (χ1) is 15.2. The Labute approximate surface area is 177 Å². The molecule has 1 amide bonds. The van der Waals surface area contributed by atoms with Crippen molar-refractivity contribution in [2.75, 3.05) is 18.5 Å². The second-order valence-electron chi connectivity index (χ2n) is 7.53. The van der Waals surface area contributed by atoms with E-state index in [2.05, 4.69) is 20.6 Å². The Morgan fingerprint density at radius 2 is 1.81 bits per heavy atom. The van der Waals surface area contributed by atoms with Crippen molar-refractivity contribution in [2.24, 2.45) is 0 Å². The molecule has 1 aliphatic rings. The van der Waals surface area contributed by atoms with Crippen LogP contribution in [0, 0.1) is 0 Å². The van der Waals surface area contributed by atoms with Gasteiger partial charge in [-0.25, -0.2) is 5.10 Å². The van der Waals surface area contributed by atoms with Gasteiger partial charge in [0, 0.05) is 36.0 Å². The lowest BCUT2D eigenvalue weighted by molar-refractivity contribution is 0.0662. The van der Waals surface area contributed by atoms with Crippen LogP contribution in [0.15, 0.2) is 65.7 Å². The van der Waals surface area contributed by atoms with Gasteiger partial charge in [0.2, 0.25) is 0 Å². The maximum Gasteiger partial charge on any atom is 0.272 e. The fraction of sp³-hybridized carbons (Fsp3) is 0.217. The molecule has 0 bridgehead atoms. The van der Waals surface area contributed by atoms with Crippen LogP contribution in [0.25, 0.3) is 22.0 Å². The molecule has 8 heteroatoms. The van der Waals surface area contributed by atoms with Crippen LogP contribution in [0.5, 0.6) is 0 Å². The number of hydrogen-bond acceptors (Lipinski definition) is 5. The summed E-state index contributed by atoms with van der Waals surface area (Å²) in [6, 6.07) is 15.0. The predicted molar refractivity (Wildman–Crippen MR) is 117 cm³/mol. The van der Waals surface area contributed by atoms with Crippen LogP contribution in [0.4, 0.5) is 5.69 Å². The molecule has 4 aromatic rings. The average molecular weight is 415 g/mol. The summed E-state index contributed by atoms with van der Waals surface area (Å²) in [6.07, 6.45) is 5.18. The molecule has 1 saturated heterocycles. The number of benzene rings is 2. The van der Waals surface area contributed by atoms with Crippen molar-refractivity contribution >= 4 is 22.4 Å². The number of carbonyl (C=O) groups is 1. The van der Waals surface area contributed by atoms with E-state index in [4.69, 9.17) is 4.74 Å². The summed E-state index contributed by atoms with van der Waals surface area (Å²) in [5, 5.41) is 15.4. The number of hydrogen-bond donors (Lipinski definition) is 2. The number of aromatic amines is 1. The highest BCUT2D eigenvalue weighted by Gasteiger charge is 2.18. The molecule has 0 aliphatic carbocycles. The third kappa shape index (κ3) is 3.85. The molecule has 156 valence electrons. The molecule has 1 aliphatic heterocycles. The Balaban J connectivity index is 1.33. The number of rotatable bonds is 4. The van der Waals surface area contributed by atoms with Crippen molar-refractivity contribution in [1.29, 1.82) is 0 Å². The molecular weight excluding hydrogens is 394 g/mol. The van der Waals surface area contributed by atoms with Crippen LogP contribution < -0.4 is 10.9 Å². The van der Waals surface area contributed by atoms with E-state index >= 15 is 0 Å². The zero-order valence-electron chi connectivity index (χ0n) is 16.7. The largest absolute Gasteiger partial charge is 0.381 e. The van der Waals surface area contributed by atoms with Crippen molar-refractivity contribution in [3.63, 3.8) is 0 Å². The first kappa shape index (κ1) is 19.2. The molecule has 31 heavy (non-hydrogen) atoms. The van der Waals surface area contributed by atoms with Crippen LogP contribution in [0.2, 0.25) is 0 Å². The number of anilines is 1. The summed E-state index contributed by atoms with van der Waals surface area (Å²) in [5.41, 5.74) is 2.50. The number of ether oxygens (including phenoxy) is 1. The van der Waals surface area contributed by atoms with E-state index in [1.165, 1.54) is 0 Å². The zero-order valence-corrected chi connectivity index (χ0v) is 16.7. The highest BCUT2D eigenvalue weighted by Crippen LogP contribution is 2.26. The van der Waals surface area contributed by atoms with E-state index in [9.17, 15) is 9.59 Å². The number of aromatic nitrogens is 4. The van der Waals surface area contributed by atoms with Gasteiger partial charge in [0.25, 0.3) is 11.5 Å². The fourth-order valence-electron chi connectivity index (χ4n) is 3.85. The summed E-state index contributed by atoms with van der Waals surface area (Å²) >= 11 is 0. The van der Waals surface area contributed by atoms with E-state index in [0.29, 0.717) is 22.3 Å². The van der Waals surface area contributed by atoms with Gasteiger partial charge in [-0.1, -0.05) is 30.3 Å². The van der Waals surface area contributed by atoms with Crippen LogP contribution in [-0.2, 0) is 4.74 Å². The first-order valence-corrected chi connectivity index (χ1v) is 10.2. The van der Waals surface area contributed by atoms with Crippen molar-refractivity contribution in [2.45, 2.75) is 18.9 Å². The molecular formula is C23H21N5O3. The zero-order chi connectivity index (χ0) is 21.2. The number of nitrogens with zero attached hydrogens (tertiary/aromatic N) is 3. The third-order valence-corrected chi connectivity index (χ3v) is 5.54. The summed E-state index contributed by atoms with van der Waals surface area (Å²) in [5.74, 6) is -0.210. The van der Waals surface area contributed by atoms with Gasteiger partial charge in [0.1, 0.15) is 0 Å². The van der Waals surface area contributed by atoms with E-state index in [-0.39, 0.29) is 17.5 Å². The van der Waals surface area contributed by atoms with Gasteiger partial charge >= 0.3 is 0 Å². The standard InChI is InChI=1S/C23H21N5O3/c29-22(16-13-24-28(14-16)18-9-11-31-12-10-18)25-17-7-5-15(6-8-17)21-19-3-1-2-4-20(19)23(30)27-26-21/h1-8,13-14,18H,9-12H2,(H,25,29)(H,27,30). The minimum absolute atomic E-state index is 0.210. The highest BCUT2D eigenvalue weighted by molar-refractivity contribution is 6.04. The Morgan fingerprint density at radius 3 is 2.58 bits per heavy atom. The SMILES string of the molecule is O=C(Nc1ccc(-c2n[nH]c(=O)c3ccccc23)cc1)c1cnn(C2CCOCC2)c1. The molecule has 0 unspecified atom stereocenters. The Bertz CT molecular complexity index is 1290. The van der Waals surface area contributed by atoms with Crippen molar-refractivity contribution < 1.29 is 9.53 Å². The fourth-order valence-corrected chi connectivity index (χ4v) is 3.85. The van der Waals surface area contributed by atoms with E-state index in [1.54, 1.807) is 18.5 Å². The first-order valence-electron chi connectivity index (χ1n) is 10.2. The maximum atomic E-state index is 12.6. The lowest BCUT2D eigenvalue weighted by Gasteiger charge is -2.22. The number of H-pyrrole nitrogens is 1. The molecule has 0 radical (unpaired) electrons. The Kier molecular flexibility index (Phi) is 5.05. The molecule has 0 spiro atoms. The lowest BCUT2D eigenvalue weighted by atomic mass is 10.0. The van der Waals surface area contributed by atoms with Crippen molar-refractivity contribution in [3.05, 3.63) is 76.8 Å². The molecule has 1 fully saturated rings. The topological polar surface area (TPSA) is 102 Å². The maximum absolute atomic E-state index is 12.6. The summed E-state index contributed by atoms with van der Waals surface area (Å²) < 4.78 is 7.24. The normalized spacial score (nSPS) is 14.6. The van der Waals surface area contributed by atoms with Gasteiger partial charge in [-0.05, 0) is 31.0 Å². The van der Waals surface area contributed by atoms with Gasteiger partial charge in [0.15, 0.2) is 0 Å². The summed E-state index contributed by atoms with van der Waals surface area (Å²) in [6.45, 7) is 1.44. The van der Waals surface area contributed by atoms with Crippen molar-refractivity contribution in [3.8, 4) is 11.3 Å². The van der Waals surface area contributed by atoms with Crippen LogP contribution in [0.1, 0.15) is 29.2 Å². The second kappa shape index (κ2) is 8.16. The van der Waals surface area contributed by atoms with Crippen LogP contribution in [-0.4, -0.2) is 39.1 Å². The molecule has 2 aromatic carbocycles. The predicted octanol–water partition coefficient (Wildman–Crippen LogP) is 3.39. The van der Waals surface area contributed by atoms with Gasteiger partial charge in [-0.3, -0.25) is 14.3 Å². The second-order valence-corrected chi connectivity index (χ2v) is 7.53. The monoisotopic (exact) mass is 415 g/mol. The number of nitrogens with one attached hydrogen (secondary N) is 2. The summed E-state index contributed by atoms with van der Waals surface area (Å²) in [4.78, 5) is 24.6. The molecule has 2 aromatic heterocycles. The number of fused-ring (bicyclic) bond motifs is 1. The molecule has 8 nitrogen and oxygen atoms in total. The van der Waals surface area contributed by atoms with Crippen LogP contribution >= 0.6 is 0 Å². The third-order valence-electron chi connectivity index (χ3n) is 5.54. The summed E-state index contributed by atoms with van der Waals surface area (Å²) in [7, 11) is 0. The number of amides is 1. The number of carbonyl (C=O) groups excluding carboxylic acids is 1. The van der Waals surface area contributed by atoms with Gasteiger partial charge in [-0.15, -0.1) is 0 Å². The molecule has 3 heterocycles. The highest BCUT2D eigenvalue weighted by atomic mass is 16.5. The van der Waals surface area contributed by atoms with Gasteiger partial charge < -0.3 is 10.1 Å². The van der Waals surface area contributed by atoms with E-state index < -0.39 is 0 Å². The van der Waals surface area contributed by atoms with Crippen molar-refractivity contribution in [1.82, 2.24) is 20.0 Å². The molecule has 5 rings (SSSR count). The Morgan fingerprint density at radius 1 is 1.06 bits per heavy atom. The molecule has 0 saturated carbocycles. The molecule has 0 atom stereocenters. The lowest BCUT2D eigenvalue weighted by Crippen LogP contribution is -2.20. The minimum atomic E-state index is -0.218. The smallest absolute Gasteiger partial charge is 0.272 e. The van der Waals surface area contributed by atoms with Crippen LogP contribution in [0.3, 0.4) is 0 Å². The van der Waals surface area contributed by atoms with E-state index in [1.807, 2.05) is 47.1 Å². The van der Waals surface area contributed by atoms with Gasteiger partial charge in [0.05, 0.1) is 28.9 Å². The Hall–Kier alpha value is -3.78. The van der Waals surface area contributed by atoms with E-state index in [0.717, 1.165) is 37.0 Å². The minimum Gasteiger partial charge on any atom is -0.381 e. The van der Waals surface area contributed by atoms with Gasteiger partial charge in [-0.2, -0.15) is 10.2 Å².